The molecule has 0 amide bonds. The summed E-state index contributed by atoms with van der Waals surface area (Å²) in [5, 5.41) is 10.1. The van der Waals surface area contributed by atoms with Crippen molar-refractivity contribution in [2.75, 3.05) is 18.0 Å². The SMILES string of the molecule is CC(C)Cc1cc(Br)c(O)c(N2C=NCC2)c1. The van der Waals surface area contributed by atoms with Gasteiger partial charge in [0, 0.05) is 6.54 Å². The highest BCUT2D eigenvalue weighted by atomic mass is 79.9. The van der Waals surface area contributed by atoms with Crippen LogP contribution in [0.15, 0.2) is 21.6 Å². The lowest BCUT2D eigenvalue weighted by Crippen LogP contribution is -2.18. The predicted octanol–water partition coefficient (Wildman–Crippen LogP) is 3.20. The van der Waals surface area contributed by atoms with Crippen LogP contribution >= 0.6 is 15.9 Å². The van der Waals surface area contributed by atoms with E-state index >= 15 is 0 Å². The lowest BCUT2D eigenvalue weighted by atomic mass is 10.0. The molecule has 0 atom stereocenters. The Hall–Kier alpha value is -1.03. The zero-order valence-electron chi connectivity index (χ0n) is 10.2. The smallest absolute Gasteiger partial charge is 0.153 e. The normalized spacial score (nSPS) is 14.9. The quantitative estimate of drug-likeness (QED) is 0.930. The Kier molecular flexibility index (Phi) is 3.72. The molecule has 0 unspecified atom stereocenters. The second-order valence-electron chi connectivity index (χ2n) is 4.76. The minimum Gasteiger partial charge on any atom is -0.505 e. The molecule has 0 aromatic heterocycles. The van der Waals surface area contributed by atoms with Gasteiger partial charge in [-0.05, 0) is 46.0 Å². The van der Waals surface area contributed by atoms with Crippen molar-refractivity contribution in [3.63, 3.8) is 0 Å². The molecule has 1 aliphatic rings. The molecule has 0 radical (unpaired) electrons. The molecule has 2 rings (SSSR count). The van der Waals surface area contributed by atoms with Gasteiger partial charge in [-0.2, -0.15) is 0 Å². The third-order valence-corrected chi connectivity index (χ3v) is 3.35. The number of nitrogens with zero attached hydrogens (tertiary/aromatic N) is 2. The number of aromatic hydroxyl groups is 1. The molecule has 1 heterocycles. The predicted molar refractivity (Wildman–Crippen MR) is 75.1 cm³/mol. The molecule has 3 nitrogen and oxygen atoms in total. The van der Waals surface area contributed by atoms with Crippen molar-refractivity contribution < 1.29 is 5.11 Å². The molecular formula is C13H17BrN2O. The van der Waals surface area contributed by atoms with E-state index in [0.29, 0.717) is 11.7 Å². The van der Waals surface area contributed by atoms with E-state index < -0.39 is 0 Å². The highest BCUT2D eigenvalue weighted by molar-refractivity contribution is 9.10. The summed E-state index contributed by atoms with van der Waals surface area (Å²) in [5.74, 6) is 0.900. The summed E-state index contributed by atoms with van der Waals surface area (Å²) in [6.45, 7) is 6.02. The van der Waals surface area contributed by atoms with Crippen LogP contribution in [0.4, 0.5) is 5.69 Å². The van der Waals surface area contributed by atoms with Crippen molar-refractivity contribution in [3.05, 3.63) is 22.2 Å². The number of phenolic OH excluding ortho intramolecular Hbond substituents is 1. The Bertz CT molecular complexity index is 443. The highest BCUT2D eigenvalue weighted by Crippen LogP contribution is 2.36. The van der Waals surface area contributed by atoms with Crippen LogP contribution in [0.1, 0.15) is 19.4 Å². The topological polar surface area (TPSA) is 35.8 Å². The van der Waals surface area contributed by atoms with Crippen molar-refractivity contribution in [3.8, 4) is 5.75 Å². The Balaban J connectivity index is 2.35. The third kappa shape index (κ3) is 2.80. The number of rotatable bonds is 3. The van der Waals surface area contributed by atoms with Gasteiger partial charge in [0.1, 0.15) is 0 Å². The van der Waals surface area contributed by atoms with Gasteiger partial charge in [-0.3, -0.25) is 4.99 Å². The largest absolute Gasteiger partial charge is 0.505 e. The summed E-state index contributed by atoms with van der Waals surface area (Å²) in [4.78, 5) is 6.17. The second-order valence-corrected chi connectivity index (χ2v) is 5.61. The zero-order valence-corrected chi connectivity index (χ0v) is 11.7. The fourth-order valence-corrected chi connectivity index (χ4v) is 2.51. The summed E-state index contributed by atoms with van der Waals surface area (Å²) in [6.07, 6.45) is 2.80. The zero-order chi connectivity index (χ0) is 12.4. The van der Waals surface area contributed by atoms with Crippen molar-refractivity contribution in [1.29, 1.82) is 0 Å². The Morgan fingerprint density at radius 3 is 2.82 bits per heavy atom. The van der Waals surface area contributed by atoms with E-state index in [0.717, 1.165) is 29.7 Å². The summed E-state index contributed by atoms with van der Waals surface area (Å²) in [7, 11) is 0. The third-order valence-electron chi connectivity index (χ3n) is 2.75. The van der Waals surface area contributed by atoms with Gasteiger partial charge in [-0.1, -0.05) is 13.8 Å². The molecule has 4 heteroatoms. The van der Waals surface area contributed by atoms with Gasteiger partial charge in [0.25, 0.3) is 0 Å². The first-order chi connectivity index (χ1) is 8.08. The first-order valence-electron chi connectivity index (χ1n) is 5.86. The van der Waals surface area contributed by atoms with Gasteiger partial charge in [0.2, 0.25) is 0 Å². The maximum atomic E-state index is 10.1. The number of benzene rings is 1. The van der Waals surface area contributed by atoms with E-state index in [1.165, 1.54) is 5.56 Å². The fourth-order valence-electron chi connectivity index (χ4n) is 2.01. The van der Waals surface area contributed by atoms with E-state index in [2.05, 4.69) is 40.8 Å². The van der Waals surface area contributed by atoms with E-state index in [4.69, 9.17) is 0 Å². The summed E-state index contributed by atoms with van der Waals surface area (Å²) in [5.41, 5.74) is 2.08. The maximum Gasteiger partial charge on any atom is 0.153 e. The highest BCUT2D eigenvalue weighted by Gasteiger charge is 2.16. The Morgan fingerprint density at radius 2 is 2.24 bits per heavy atom. The van der Waals surface area contributed by atoms with Gasteiger partial charge in [-0.15, -0.1) is 0 Å². The number of aliphatic imine (C=N–C) groups is 1. The first kappa shape index (κ1) is 12.4. The summed E-state index contributed by atoms with van der Waals surface area (Å²) >= 11 is 3.41. The van der Waals surface area contributed by atoms with Crippen LogP contribution in [-0.2, 0) is 6.42 Å². The van der Waals surface area contributed by atoms with Gasteiger partial charge in [0.05, 0.1) is 23.0 Å². The van der Waals surface area contributed by atoms with Crippen LogP contribution in [0.5, 0.6) is 5.75 Å². The number of hydrogen-bond donors (Lipinski definition) is 1. The summed E-state index contributed by atoms with van der Waals surface area (Å²) in [6, 6.07) is 4.05. The van der Waals surface area contributed by atoms with Gasteiger partial charge in [-0.25, -0.2) is 0 Å². The van der Waals surface area contributed by atoms with Crippen LogP contribution in [0.25, 0.3) is 0 Å². The molecule has 0 saturated heterocycles. The maximum absolute atomic E-state index is 10.1. The van der Waals surface area contributed by atoms with Gasteiger partial charge < -0.3 is 10.0 Å². The second kappa shape index (κ2) is 5.08. The molecular weight excluding hydrogens is 280 g/mol. The fraction of sp³-hybridized carbons (Fsp3) is 0.462. The standard InChI is InChI=1S/C13H17BrN2O/c1-9(2)5-10-6-11(14)13(17)12(7-10)16-4-3-15-8-16/h6-9,17H,3-5H2,1-2H3. The number of phenols is 1. The molecule has 92 valence electrons. The van der Waals surface area contributed by atoms with Crippen LogP contribution < -0.4 is 4.90 Å². The monoisotopic (exact) mass is 296 g/mol. The average Bonchev–Trinajstić information content (AvgIpc) is 2.75. The molecule has 0 bridgehead atoms. The van der Waals surface area contributed by atoms with Crippen LogP contribution in [-0.4, -0.2) is 24.5 Å². The number of anilines is 1. The Morgan fingerprint density at radius 1 is 1.47 bits per heavy atom. The van der Waals surface area contributed by atoms with E-state index in [1.807, 2.05) is 11.0 Å². The molecule has 0 aliphatic carbocycles. The van der Waals surface area contributed by atoms with E-state index in [9.17, 15) is 5.11 Å². The van der Waals surface area contributed by atoms with Gasteiger partial charge in [0.15, 0.2) is 5.75 Å². The molecule has 0 saturated carbocycles. The minimum atomic E-state index is 0.297. The van der Waals surface area contributed by atoms with Crippen LogP contribution in [0.2, 0.25) is 0 Å². The molecule has 0 fully saturated rings. The summed E-state index contributed by atoms with van der Waals surface area (Å²) < 4.78 is 0.756. The number of halogens is 1. The lowest BCUT2D eigenvalue weighted by molar-refractivity contribution is 0.472. The lowest BCUT2D eigenvalue weighted by Gasteiger charge is -2.18. The minimum absolute atomic E-state index is 0.297. The number of hydrogen-bond acceptors (Lipinski definition) is 3. The Labute approximate surface area is 110 Å². The van der Waals surface area contributed by atoms with Crippen molar-refractivity contribution in [1.82, 2.24) is 0 Å². The van der Waals surface area contributed by atoms with Crippen LogP contribution in [0, 0.1) is 5.92 Å². The van der Waals surface area contributed by atoms with Crippen molar-refractivity contribution in [2.24, 2.45) is 10.9 Å². The van der Waals surface area contributed by atoms with Crippen LogP contribution in [0.3, 0.4) is 0 Å². The van der Waals surface area contributed by atoms with Crippen molar-refractivity contribution >= 4 is 28.0 Å². The van der Waals surface area contributed by atoms with E-state index in [1.54, 1.807) is 6.34 Å². The molecule has 0 spiro atoms. The molecule has 17 heavy (non-hydrogen) atoms. The van der Waals surface area contributed by atoms with Crippen molar-refractivity contribution in [2.45, 2.75) is 20.3 Å². The van der Waals surface area contributed by atoms with E-state index in [-0.39, 0.29) is 0 Å². The molecule has 1 aromatic carbocycles. The molecule has 1 aliphatic heterocycles. The molecule has 1 N–H and O–H groups in total. The first-order valence-corrected chi connectivity index (χ1v) is 6.65. The average molecular weight is 297 g/mol. The van der Waals surface area contributed by atoms with Gasteiger partial charge >= 0.3 is 0 Å². The molecule has 1 aromatic rings.